The lowest BCUT2D eigenvalue weighted by atomic mass is 10.0. The molecule has 1 fully saturated rings. The van der Waals surface area contributed by atoms with Gasteiger partial charge in [0.15, 0.2) is 0 Å². The predicted octanol–water partition coefficient (Wildman–Crippen LogP) is 3.48. The van der Waals surface area contributed by atoms with E-state index in [4.69, 9.17) is 17.3 Å². The number of benzene rings is 1. The Balaban J connectivity index is 0.00000180. The molecule has 1 saturated heterocycles. The van der Waals surface area contributed by atoms with E-state index in [0.29, 0.717) is 17.1 Å². The first-order valence-corrected chi connectivity index (χ1v) is 7.26. The average molecular weight is 368 g/mol. The standard InChI is InChI=1S/C13H16BrClN2O.ClH/c14-11-7-9(4-5-12(11)15)13(18)17-6-2-1-3-10(17)8-16;/h4-5,7,10H,1-3,6,8,16H2;1H. The first kappa shape index (κ1) is 16.8. The zero-order valence-electron chi connectivity index (χ0n) is 10.4. The van der Waals surface area contributed by atoms with Gasteiger partial charge in [-0.05, 0) is 53.4 Å². The van der Waals surface area contributed by atoms with Crippen molar-refractivity contribution >= 4 is 45.8 Å². The van der Waals surface area contributed by atoms with E-state index in [0.717, 1.165) is 30.3 Å². The van der Waals surface area contributed by atoms with E-state index in [1.165, 1.54) is 0 Å². The lowest BCUT2D eigenvalue weighted by Crippen LogP contribution is -2.47. The van der Waals surface area contributed by atoms with Gasteiger partial charge in [-0.15, -0.1) is 12.4 Å². The van der Waals surface area contributed by atoms with Crippen molar-refractivity contribution in [3.8, 4) is 0 Å². The maximum Gasteiger partial charge on any atom is 0.254 e. The number of carbonyl (C=O) groups excluding carboxylic acids is 1. The fourth-order valence-electron chi connectivity index (χ4n) is 2.31. The molecule has 1 aliphatic rings. The zero-order valence-corrected chi connectivity index (χ0v) is 13.6. The average Bonchev–Trinajstić information content (AvgIpc) is 2.41. The molecule has 1 aromatic rings. The summed E-state index contributed by atoms with van der Waals surface area (Å²) >= 11 is 9.28. The van der Waals surface area contributed by atoms with Crippen LogP contribution in [0.25, 0.3) is 0 Å². The van der Waals surface area contributed by atoms with Crippen LogP contribution in [0, 0.1) is 0 Å². The number of amides is 1. The molecule has 1 amide bonds. The highest BCUT2D eigenvalue weighted by Crippen LogP contribution is 2.25. The Labute approximate surface area is 133 Å². The van der Waals surface area contributed by atoms with Gasteiger partial charge in [-0.25, -0.2) is 0 Å². The fraction of sp³-hybridized carbons (Fsp3) is 0.462. The van der Waals surface area contributed by atoms with Crippen LogP contribution in [0.1, 0.15) is 29.6 Å². The number of piperidine rings is 1. The Morgan fingerprint density at radius 2 is 2.21 bits per heavy atom. The molecule has 3 nitrogen and oxygen atoms in total. The summed E-state index contributed by atoms with van der Waals surface area (Å²) in [5, 5.41) is 0.612. The lowest BCUT2D eigenvalue weighted by Gasteiger charge is -2.35. The lowest BCUT2D eigenvalue weighted by molar-refractivity contribution is 0.0623. The highest BCUT2D eigenvalue weighted by atomic mass is 79.9. The van der Waals surface area contributed by atoms with E-state index in [2.05, 4.69) is 15.9 Å². The van der Waals surface area contributed by atoms with E-state index < -0.39 is 0 Å². The summed E-state index contributed by atoms with van der Waals surface area (Å²) in [6.07, 6.45) is 3.20. The second kappa shape index (κ2) is 7.48. The fourth-order valence-corrected chi connectivity index (χ4v) is 2.80. The van der Waals surface area contributed by atoms with Gasteiger partial charge >= 0.3 is 0 Å². The van der Waals surface area contributed by atoms with Crippen LogP contribution in [0.15, 0.2) is 22.7 Å². The normalized spacial score (nSPS) is 18.9. The molecule has 19 heavy (non-hydrogen) atoms. The van der Waals surface area contributed by atoms with Crippen molar-refractivity contribution in [1.82, 2.24) is 4.90 Å². The van der Waals surface area contributed by atoms with Gasteiger partial charge in [-0.2, -0.15) is 0 Å². The Morgan fingerprint density at radius 3 is 2.84 bits per heavy atom. The molecule has 1 atom stereocenters. The quantitative estimate of drug-likeness (QED) is 0.869. The highest BCUT2D eigenvalue weighted by Gasteiger charge is 2.26. The smallest absolute Gasteiger partial charge is 0.254 e. The van der Waals surface area contributed by atoms with Crippen LogP contribution in [0.3, 0.4) is 0 Å². The second-order valence-corrected chi connectivity index (χ2v) is 5.77. The summed E-state index contributed by atoms with van der Waals surface area (Å²) in [6.45, 7) is 1.32. The van der Waals surface area contributed by atoms with E-state index in [1.54, 1.807) is 18.2 Å². The zero-order chi connectivity index (χ0) is 13.1. The number of hydrogen-bond donors (Lipinski definition) is 1. The van der Waals surface area contributed by atoms with Gasteiger partial charge in [0.2, 0.25) is 0 Å². The summed E-state index contributed by atoms with van der Waals surface area (Å²) in [5.74, 6) is 0.0440. The topological polar surface area (TPSA) is 46.3 Å². The summed E-state index contributed by atoms with van der Waals surface area (Å²) in [5.41, 5.74) is 6.40. The number of halogens is 3. The van der Waals surface area contributed by atoms with Crippen LogP contribution in [0.5, 0.6) is 0 Å². The van der Waals surface area contributed by atoms with Crippen LogP contribution in [0.2, 0.25) is 5.02 Å². The molecule has 1 aromatic carbocycles. The molecule has 1 aliphatic heterocycles. The highest BCUT2D eigenvalue weighted by molar-refractivity contribution is 9.10. The molecule has 106 valence electrons. The number of carbonyl (C=O) groups is 1. The largest absolute Gasteiger partial charge is 0.334 e. The maximum atomic E-state index is 12.4. The van der Waals surface area contributed by atoms with E-state index in [-0.39, 0.29) is 24.4 Å². The van der Waals surface area contributed by atoms with Gasteiger partial charge in [0, 0.05) is 29.2 Å². The third-order valence-corrected chi connectivity index (χ3v) is 4.54. The van der Waals surface area contributed by atoms with Crippen molar-refractivity contribution in [3.63, 3.8) is 0 Å². The summed E-state index contributed by atoms with van der Waals surface area (Å²) in [4.78, 5) is 14.3. The molecule has 0 spiro atoms. The molecule has 2 rings (SSSR count). The van der Waals surface area contributed by atoms with Crippen LogP contribution >= 0.6 is 39.9 Å². The SMILES string of the molecule is Cl.NCC1CCCCN1C(=O)c1ccc(Cl)c(Br)c1. The number of likely N-dealkylation sites (tertiary alicyclic amines) is 1. The van der Waals surface area contributed by atoms with Crippen molar-refractivity contribution in [2.75, 3.05) is 13.1 Å². The maximum absolute atomic E-state index is 12.4. The minimum atomic E-state index is 0. The predicted molar refractivity (Wildman–Crippen MR) is 84.1 cm³/mol. The molecule has 0 radical (unpaired) electrons. The molecule has 1 heterocycles. The van der Waals surface area contributed by atoms with Gasteiger partial charge in [-0.1, -0.05) is 11.6 Å². The van der Waals surface area contributed by atoms with Crippen molar-refractivity contribution in [3.05, 3.63) is 33.3 Å². The Kier molecular flexibility index (Phi) is 6.60. The molecule has 2 N–H and O–H groups in total. The molecule has 0 saturated carbocycles. The van der Waals surface area contributed by atoms with Crippen molar-refractivity contribution in [2.24, 2.45) is 5.73 Å². The minimum Gasteiger partial charge on any atom is -0.334 e. The number of nitrogens with two attached hydrogens (primary N) is 1. The third-order valence-electron chi connectivity index (χ3n) is 3.33. The molecule has 6 heteroatoms. The van der Waals surface area contributed by atoms with Gasteiger partial charge in [0.1, 0.15) is 0 Å². The van der Waals surface area contributed by atoms with Gasteiger partial charge in [0.25, 0.3) is 5.91 Å². The number of nitrogens with zero attached hydrogens (tertiary/aromatic N) is 1. The van der Waals surface area contributed by atoms with E-state index >= 15 is 0 Å². The molecular formula is C13H17BrCl2N2O. The molecule has 0 bridgehead atoms. The first-order chi connectivity index (χ1) is 8.63. The second-order valence-electron chi connectivity index (χ2n) is 4.51. The van der Waals surface area contributed by atoms with Crippen molar-refractivity contribution in [2.45, 2.75) is 25.3 Å². The third kappa shape index (κ3) is 3.85. The van der Waals surface area contributed by atoms with Crippen molar-refractivity contribution in [1.29, 1.82) is 0 Å². The van der Waals surface area contributed by atoms with Crippen LogP contribution in [0.4, 0.5) is 0 Å². The van der Waals surface area contributed by atoms with E-state index in [1.807, 2.05) is 4.90 Å². The van der Waals surface area contributed by atoms with Crippen molar-refractivity contribution < 1.29 is 4.79 Å². The monoisotopic (exact) mass is 366 g/mol. The Morgan fingerprint density at radius 1 is 1.47 bits per heavy atom. The van der Waals surface area contributed by atoms with Crippen LogP contribution in [-0.4, -0.2) is 29.9 Å². The van der Waals surface area contributed by atoms with Crippen LogP contribution < -0.4 is 5.73 Å². The molecule has 0 aliphatic carbocycles. The van der Waals surface area contributed by atoms with Gasteiger partial charge < -0.3 is 10.6 Å². The summed E-state index contributed by atoms with van der Waals surface area (Å²) in [6, 6.07) is 5.44. The Bertz CT molecular complexity index is 456. The van der Waals surface area contributed by atoms with Gasteiger partial charge in [0.05, 0.1) is 5.02 Å². The molecular weight excluding hydrogens is 351 g/mol. The number of rotatable bonds is 2. The molecule has 0 aromatic heterocycles. The number of hydrogen-bond acceptors (Lipinski definition) is 2. The first-order valence-electron chi connectivity index (χ1n) is 6.09. The summed E-state index contributed by atoms with van der Waals surface area (Å²) in [7, 11) is 0. The van der Waals surface area contributed by atoms with Crippen LogP contribution in [-0.2, 0) is 0 Å². The minimum absolute atomic E-state index is 0. The van der Waals surface area contributed by atoms with Gasteiger partial charge in [-0.3, -0.25) is 4.79 Å². The summed E-state index contributed by atoms with van der Waals surface area (Å²) < 4.78 is 0.747. The molecule has 1 unspecified atom stereocenters. The Hall–Kier alpha value is -0.290. The van der Waals surface area contributed by atoms with E-state index in [9.17, 15) is 4.79 Å².